The molecule has 0 saturated carbocycles. The second kappa shape index (κ2) is 7.91. The van der Waals surface area contributed by atoms with Gasteiger partial charge < -0.3 is 14.2 Å². The fourth-order valence-electron chi connectivity index (χ4n) is 1.91. The Labute approximate surface area is 152 Å². The second-order valence-electron chi connectivity index (χ2n) is 4.77. The fourth-order valence-corrected chi connectivity index (χ4v) is 3.18. The van der Waals surface area contributed by atoms with Crippen molar-refractivity contribution in [3.05, 3.63) is 59.7 Å². The monoisotopic (exact) mass is 374 g/mol. The van der Waals surface area contributed by atoms with Crippen molar-refractivity contribution in [1.29, 1.82) is 0 Å². The molecular formula is C17H14N2O4S2. The van der Waals surface area contributed by atoms with E-state index in [9.17, 15) is 4.79 Å². The number of nitrogens with zero attached hydrogens (tertiary/aromatic N) is 2. The summed E-state index contributed by atoms with van der Waals surface area (Å²) in [5.41, 5.74) is 0.750. The van der Waals surface area contributed by atoms with Crippen molar-refractivity contribution in [1.82, 2.24) is 9.36 Å². The minimum Gasteiger partial charge on any atom is -0.482 e. The Morgan fingerprint density at radius 1 is 1.24 bits per heavy atom. The number of aromatic nitrogens is 2. The van der Waals surface area contributed by atoms with Gasteiger partial charge in [-0.1, -0.05) is 24.3 Å². The van der Waals surface area contributed by atoms with Gasteiger partial charge in [-0.15, -0.1) is 11.3 Å². The lowest BCUT2D eigenvalue weighted by Crippen LogP contribution is -2.07. The van der Waals surface area contributed by atoms with Crippen LogP contribution in [0.2, 0.25) is 0 Å². The summed E-state index contributed by atoms with van der Waals surface area (Å²) in [6, 6.07) is 11.2. The molecule has 2 heterocycles. The minimum atomic E-state index is -0.608. The highest BCUT2D eigenvalue weighted by Crippen LogP contribution is 2.31. The maximum Gasteiger partial charge on any atom is 0.372 e. The first-order valence-electron chi connectivity index (χ1n) is 7.20. The molecule has 2 aromatic heterocycles. The van der Waals surface area contributed by atoms with Gasteiger partial charge in [0, 0.05) is 17.1 Å². The van der Waals surface area contributed by atoms with Crippen molar-refractivity contribution in [2.75, 3.05) is 7.11 Å². The van der Waals surface area contributed by atoms with Gasteiger partial charge in [0.05, 0.1) is 12.0 Å². The molecule has 0 aliphatic heterocycles. The largest absolute Gasteiger partial charge is 0.482 e. The van der Waals surface area contributed by atoms with E-state index >= 15 is 0 Å². The van der Waals surface area contributed by atoms with Crippen LogP contribution in [0, 0.1) is 0 Å². The number of carbonyl (C=O) groups is 1. The van der Waals surface area contributed by atoms with E-state index < -0.39 is 5.97 Å². The van der Waals surface area contributed by atoms with Gasteiger partial charge in [-0.25, -0.2) is 4.79 Å². The van der Waals surface area contributed by atoms with Crippen LogP contribution >= 0.6 is 22.9 Å². The van der Waals surface area contributed by atoms with Crippen molar-refractivity contribution in [2.45, 2.75) is 6.61 Å². The molecule has 128 valence electrons. The molecule has 0 N–H and O–H groups in total. The van der Waals surface area contributed by atoms with E-state index in [-0.39, 0.29) is 12.4 Å². The number of esters is 1. The highest BCUT2D eigenvalue weighted by molar-refractivity contribution is 7.13. The van der Waals surface area contributed by atoms with E-state index in [1.165, 1.54) is 18.6 Å². The number of rotatable bonds is 7. The zero-order chi connectivity index (χ0) is 17.6. The second-order valence-corrected chi connectivity index (χ2v) is 6.44. The molecule has 0 amide bonds. The Kier molecular flexibility index (Phi) is 5.42. The Bertz CT molecular complexity index is 874. The maximum absolute atomic E-state index is 11.3. The number of methoxy groups -OCH3 is 1. The highest BCUT2D eigenvalue weighted by atomic mass is 32.1. The summed E-state index contributed by atoms with van der Waals surface area (Å²) >= 11 is 2.74. The van der Waals surface area contributed by atoms with Crippen LogP contribution in [-0.2, 0) is 20.9 Å². The third-order valence-corrected chi connectivity index (χ3v) is 4.59. The van der Waals surface area contributed by atoms with Crippen LogP contribution in [0.3, 0.4) is 0 Å². The Balaban J connectivity index is 1.71. The van der Waals surface area contributed by atoms with Crippen LogP contribution in [-0.4, -0.2) is 22.4 Å². The van der Waals surface area contributed by atoms with Gasteiger partial charge in [0.25, 0.3) is 5.19 Å². The number of para-hydroxylation sites is 1. The van der Waals surface area contributed by atoms with Crippen molar-refractivity contribution >= 4 is 28.8 Å². The molecule has 0 fully saturated rings. The number of thiophene rings is 1. The molecule has 0 atom stereocenters. The van der Waals surface area contributed by atoms with Crippen molar-refractivity contribution in [3.8, 4) is 21.6 Å². The molecule has 3 rings (SSSR count). The Hall–Kier alpha value is -2.71. The lowest BCUT2D eigenvalue weighted by molar-refractivity contribution is -0.140. The molecule has 0 radical (unpaired) electrons. The van der Waals surface area contributed by atoms with Crippen molar-refractivity contribution in [3.63, 3.8) is 0 Å². The zero-order valence-electron chi connectivity index (χ0n) is 13.3. The molecule has 8 heteroatoms. The van der Waals surface area contributed by atoms with Gasteiger partial charge in [0.1, 0.15) is 12.4 Å². The number of hydrogen-bond donors (Lipinski definition) is 0. The predicted octanol–water partition coefficient (Wildman–Crippen LogP) is 4.26. The van der Waals surface area contributed by atoms with Crippen molar-refractivity contribution in [2.24, 2.45) is 0 Å². The van der Waals surface area contributed by atoms with Gasteiger partial charge >= 0.3 is 5.97 Å². The SMILES string of the molecule is C=C(OCc1ccccc1Oc1nc(-c2cccs2)ns1)C(=O)OC. The van der Waals surface area contributed by atoms with E-state index in [0.29, 0.717) is 16.8 Å². The van der Waals surface area contributed by atoms with Crippen LogP contribution in [0.15, 0.2) is 54.1 Å². The molecule has 1 aromatic carbocycles. The van der Waals surface area contributed by atoms with Crippen LogP contribution < -0.4 is 4.74 Å². The average Bonchev–Trinajstić information content (AvgIpc) is 3.31. The molecule has 6 nitrogen and oxygen atoms in total. The highest BCUT2D eigenvalue weighted by Gasteiger charge is 2.13. The summed E-state index contributed by atoms with van der Waals surface area (Å²) in [4.78, 5) is 16.7. The van der Waals surface area contributed by atoms with E-state index in [1.807, 2.05) is 35.7 Å². The molecule has 0 aliphatic carbocycles. The van der Waals surface area contributed by atoms with Crippen LogP contribution in [0.4, 0.5) is 0 Å². The first kappa shape index (κ1) is 17.1. The molecule has 0 spiro atoms. The van der Waals surface area contributed by atoms with E-state index in [2.05, 4.69) is 20.7 Å². The van der Waals surface area contributed by atoms with Gasteiger partial charge in [-0.3, -0.25) is 0 Å². The standard InChI is InChI=1S/C17H14N2O4S2/c1-11(16(20)21-2)22-10-12-6-3-4-7-13(12)23-17-18-15(19-25-17)14-8-5-9-24-14/h3-9H,1,10H2,2H3. The van der Waals surface area contributed by atoms with Crippen LogP contribution in [0.5, 0.6) is 10.9 Å². The number of carbonyl (C=O) groups excluding carboxylic acids is 1. The Morgan fingerprint density at radius 3 is 2.84 bits per heavy atom. The average molecular weight is 374 g/mol. The van der Waals surface area contributed by atoms with E-state index in [0.717, 1.165) is 10.4 Å². The van der Waals surface area contributed by atoms with Crippen LogP contribution in [0.25, 0.3) is 10.7 Å². The molecule has 0 bridgehead atoms. The van der Waals surface area contributed by atoms with Gasteiger partial charge in [-0.2, -0.15) is 9.36 Å². The lowest BCUT2D eigenvalue weighted by Gasteiger charge is -2.10. The van der Waals surface area contributed by atoms with Crippen molar-refractivity contribution < 1.29 is 19.0 Å². The summed E-state index contributed by atoms with van der Waals surface area (Å²) in [5, 5.41) is 2.40. The zero-order valence-corrected chi connectivity index (χ0v) is 14.9. The predicted molar refractivity (Wildman–Crippen MR) is 95.7 cm³/mol. The number of ether oxygens (including phenoxy) is 3. The van der Waals surface area contributed by atoms with Crippen LogP contribution in [0.1, 0.15) is 5.56 Å². The maximum atomic E-state index is 11.3. The molecule has 0 saturated heterocycles. The first-order valence-corrected chi connectivity index (χ1v) is 8.86. The molecule has 25 heavy (non-hydrogen) atoms. The first-order chi connectivity index (χ1) is 12.2. The van der Waals surface area contributed by atoms with Gasteiger partial charge in [-0.05, 0) is 24.1 Å². The minimum absolute atomic E-state index is 0.0619. The number of benzene rings is 1. The molecule has 3 aromatic rings. The van der Waals surface area contributed by atoms with Gasteiger partial charge in [0.2, 0.25) is 0 Å². The smallest absolute Gasteiger partial charge is 0.372 e. The summed E-state index contributed by atoms with van der Waals surface area (Å²) in [6.07, 6.45) is 0. The Morgan fingerprint density at radius 2 is 2.08 bits per heavy atom. The third-order valence-electron chi connectivity index (χ3n) is 3.13. The van der Waals surface area contributed by atoms with Gasteiger partial charge in [0.15, 0.2) is 11.6 Å². The lowest BCUT2D eigenvalue weighted by atomic mass is 10.2. The topological polar surface area (TPSA) is 70.5 Å². The molecule has 0 aliphatic rings. The third kappa shape index (κ3) is 4.23. The number of hydrogen-bond acceptors (Lipinski definition) is 8. The molecule has 0 unspecified atom stereocenters. The quantitative estimate of drug-likeness (QED) is 0.350. The van der Waals surface area contributed by atoms with E-state index in [1.54, 1.807) is 17.4 Å². The fraction of sp³-hybridized carbons (Fsp3) is 0.118. The summed E-state index contributed by atoms with van der Waals surface area (Å²) < 4.78 is 20.0. The normalized spacial score (nSPS) is 10.3. The summed E-state index contributed by atoms with van der Waals surface area (Å²) in [7, 11) is 1.27. The summed E-state index contributed by atoms with van der Waals surface area (Å²) in [5.74, 6) is 0.549. The van der Waals surface area contributed by atoms with E-state index in [4.69, 9.17) is 9.47 Å². The molecular weight excluding hydrogens is 360 g/mol. The summed E-state index contributed by atoms with van der Waals surface area (Å²) in [6.45, 7) is 3.65.